The molecule has 0 spiro atoms. The summed E-state index contributed by atoms with van der Waals surface area (Å²) in [5.41, 5.74) is 0.394. The molecule has 8 nitrogen and oxygen atoms in total. The van der Waals surface area contributed by atoms with Gasteiger partial charge >= 0.3 is 5.69 Å². The molecule has 0 bridgehead atoms. The molecule has 0 aliphatic carbocycles. The van der Waals surface area contributed by atoms with Crippen molar-refractivity contribution in [2.75, 3.05) is 51.2 Å². The zero-order valence-electron chi connectivity index (χ0n) is 17.3. The maximum atomic E-state index is 12.3. The van der Waals surface area contributed by atoms with Crippen LogP contribution < -0.4 is 16.1 Å². The summed E-state index contributed by atoms with van der Waals surface area (Å²) in [5, 5.41) is 9.47. The van der Waals surface area contributed by atoms with Gasteiger partial charge in [-0.25, -0.2) is 4.79 Å². The first-order valence-electron chi connectivity index (χ1n) is 9.82. The lowest BCUT2D eigenvalue weighted by Gasteiger charge is -2.37. The number of anilines is 1. The molecule has 154 valence electrons. The Labute approximate surface area is 170 Å². The molecule has 0 saturated carbocycles. The summed E-state index contributed by atoms with van der Waals surface area (Å²) in [5.74, 6) is 0.432. The van der Waals surface area contributed by atoms with E-state index in [2.05, 4.69) is 41.1 Å². The van der Waals surface area contributed by atoms with Gasteiger partial charge in [0.25, 0.3) is 5.56 Å². The Morgan fingerprint density at radius 1 is 1.03 bits per heavy atom. The molecule has 29 heavy (non-hydrogen) atoms. The Bertz CT molecular complexity index is 997. The summed E-state index contributed by atoms with van der Waals surface area (Å²) < 4.78 is 2.39. The first-order valence-corrected chi connectivity index (χ1v) is 9.82. The van der Waals surface area contributed by atoms with Crippen molar-refractivity contribution in [3.8, 4) is 6.07 Å². The standard InChI is InChI=1S/C21H28N6O2/c1-23(16-17-7-5-4-6-8-17)9-10-26-11-13-27(14-12-26)19-18(15-22)20(28)25(3)21(29)24(19)2/h4-8H,9-14,16H2,1-3H3. The molecule has 0 radical (unpaired) electrons. The Balaban J connectivity index is 1.59. The Morgan fingerprint density at radius 2 is 1.69 bits per heavy atom. The molecule has 0 N–H and O–H groups in total. The van der Waals surface area contributed by atoms with Crippen LogP contribution in [0.1, 0.15) is 11.1 Å². The van der Waals surface area contributed by atoms with Gasteiger partial charge in [-0.2, -0.15) is 5.26 Å². The van der Waals surface area contributed by atoms with Gasteiger partial charge in [0, 0.05) is 59.9 Å². The lowest BCUT2D eigenvalue weighted by molar-refractivity contribution is 0.212. The Morgan fingerprint density at radius 3 is 2.31 bits per heavy atom. The normalized spacial score (nSPS) is 14.9. The molecule has 2 aromatic rings. The number of hydrogen-bond donors (Lipinski definition) is 0. The number of rotatable bonds is 6. The third-order valence-electron chi connectivity index (χ3n) is 5.51. The lowest BCUT2D eigenvalue weighted by atomic mass is 10.2. The molecule has 0 amide bonds. The number of hydrogen-bond acceptors (Lipinski definition) is 6. The number of benzene rings is 1. The van der Waals surface area contributed by atoms with Crippen molar-refractivity contribution in [2.24, 2.45) is 14.1 Å². The van der Waals surface area contributed by atoms with Crippen LogP contribution in [0.5, 0.6) is 0 Å². The maximum Gasteiger partial charge on any atom is 0.332 e. The van der Waals surface area contributed by atoms with Crippen LogP contribution in [0.4, 0.5) is 5.82 Å². The highest BCUT2D eigenvalue weighted by Gasteiger charge is 2.24. The van der Waals surface area contributed by atoms with Crippen LogP contribution in [0, 0.1) is 11.3 Å². The second-order valence-electron chi connectivity index (χ2n) is 7.57. The minimum absolute atomic E-state index is 0.0330. The van der Waals surface area contributed by atoms with Gasteiger partial charge in [0.1, 0.15) is 11.9 Å². The summed E-state index contributed by atoms with van der Waals surface area (Å²) >= 11 is 0. The van der Waals surface area contributed by atoms with E-state index >= 15 is 0 Å². The summed E-state index contributed by atoms with van der Waals surface area (Å²) in [6.07, 6.45) is 0. The SMILES string of the molecule is CN(CCN1CCN(c2c(C#N)c(=O)n(C)c(=O)n2C)CC1)Cc1ccccc1. The van der Waals surface area contributed by atoms with E-state index in [1.54, 1.807) is 7.05 Å². The molecule has 2 heterocycles. The minimum Gasteiger partial charge on any atom is -0.354 e. The molecule has 3 rings (SSSR count). The van der Waals surface area contributed by atoms with Crippen LogP contribution in [0.15, 0.2) is 39.9 Å². The molecule has 0 atom stereocenters. The van der Waals surface area contributed by atoms with Crippen LogP contribution in [0.3, 0.4) is 0 Å². The van der Waals surface area contributed by atoms with Crippen LogP contribution in [0.2, 0.25) is 0 Å². The molecular formula is C21H28N6O2. The Kier molecular flexibility index (Phi) is 6.52. The van der Waals surface area contributed by atoms with E-state index in [-0.39, 0.29) is 5.56 Å². The average Bonchev–Trinajstić information content (AvgIpc) is 2.74. The van der Waals surface area contributed by atoms with E-state index in [0.29, 0.717) is 18.9 Å². The summed E-state index contributed by atoms with van der Waals surface area (Å²) in [4.78, 5) is 31.3. The molecule has 1 aliphatic heterocycles. The van der Waals surface area contributed by atoms with Crippen LogP contribution >= 0.6 is 0 Å². The van der Waals surface area contributed by atoms with Crippen molar-refractivity contribution >= 4 is 5.82 Å². The van der Waals surface area contributed by atoms with Crippen molar-refractivity contribution in [1.29, 1.82) is 5.26 Å². The zero-order chi connectivity index (χ0) is 21.0. The van der Waals surface area contributed by atoms with Crippen LogP contribution in [-0.4, -0.2) is 65.3 Å². The van der Waals surface area contributed by atoms with Gasteiger partial charge in [0.15, 0.2) is 5.56 Å². The zero-order valence-corrected chi connectivity index (χ0v) is 17.3. The Hall–Kier alpha value is -2.89. The topological polar surface area (TPSA) is 77.5 Å². The van der Waals surface area contributed by atoms with Gasteiger partial charge < -0.3 is 9.80 Å². The van der Waals surface area contributed by atoms with Gasteiger partial charge in [0.05, 0.1) is 0 Å². The van der Waals surface area contributed by atoms with Crippen molar-refractivity contribution in [1.82, 2.24) is 18.9 Å². The van der Waals surface area contributed by atoms with Crippen LogP contribution in [0.25, 0.3) is 0 Å². The van der Waals surface area contributed by atoms with Gasteiger partial charge in [-0.3, -0.25) is 18.8 Å². The van der Waals surface area contributed by atoms with Gasteiger partial charge in [-0.05, 0) is 12.6 Å². The van der Waals surface area contributed by atoms with E-state index in [4.69, 9.17) is 0 Å². The van der Waals surface area contributed by atoms with Crippen LogP contribution in [-0.2, 0) is 20.6 Å². The molecule has 1 aromatic heterocycles. The molecule has 1 saturated heterocycles. The molecule has 0 unspecified atom stereocenters. The smallest absolute Gasteiger partial charge is 0.332 e. The predicted molar refractivity (Wildman–Crippen MR) is 113 cm³/mol. The number of nitrogens with zero attached hydrogens (tertiary/aromatic N) is 6. The largest absolute Gasteiger partial charge is 0.354 e. The monoisotopic (exact) mass is 396 g/mol. The molecule has 1 aromatic carbocycles. The fraction of sp³-hybridized carbons (Fsp3) is 0.476. The van der Waals surface area contributed by atoms with Crippen molar-refractivity contribution < 1.29 is 0 Å². The van der Waals surface area contributed by atoms with Crippen molar-refractivity contribution in [3.05, 3.63) is 62.3 Å². The fourth-order valence-corrected chi connectivity index (χ4v) is 3.77. The summed E-state index contributed by atoms with van der Waals surface area (Å²) in [6.45, 7) is 5.85. The van der Waals surface area contributed by atoms with E-state index in [9.17, 15) is 14.9 Å². The fourth-order valence-electron chi connectivity index (χ4n) is 3.77. The highest BCUT2D eigenvalue weighted by Crippen LogP contribution is 2.17. The first kappa shape index (κ1) is 20.8. The number of aromatic nitrogens is 2. The maximum absolute atomic E-state index is 12.3. The second kappa shape index (κ2) is 9.07. The minimum atomic E-state index is -0.532. The quantitative estimate of drug-likeness (QED) is 0.695. The van der Waals surface area contributed by atoms with Gasteiger partial charge in [-0.1, -0.05) is 30.3 Å². The predicted octanol–water partition coefficient (Wildman–Crippen LogP) is 0.210. The van der Waals surface area contributed by atoms with E-state index < -0.39 is 11.2 Å². The van der Waals surface area contributed by atoms with Crippen molar-refractivity contribution in [3.63, 3.8) is 0 Å². The van der Waals surface area contributed by atoms with Gasteiger partial charge in [-0.15, -0.1) is 0 Å². The number of nitriles is 1. The van der Waals surface area contributed by atoms with Gasteiger partial charge in [0.2, 0.25) is 0 Å². The van der Waals surface area contributed by atoms with E-state index in [1.807, 2.05) is 17.0 Å². The first-order chi connectivity index (χ1) is 13.9. The third-order valence-corrected chi connectivity index (χ3v) is 5.51. The summed E-state index contributed by atoms with van der Waals surface area (Å²) in [6, 6.07) is 12.4. The average molecular weight is 396 g/mol. The highest BCUT2D eigenvalue weighted by atomic mass is 16.2. The van der Waals surface area contributed by atoms with Crippen molar-refractivity contribution in [2.45, 2.75) is 6.54 Å². The molecule has 1 fully saturated rings. The molecule has 8 heteroatoms. The second-order valence-corrected chi connectivity index (χ2v) is 7.57. The summed E-state index contributed by atoms with van der Waals surface area (Å²) in [7, 11) is 5.14. The van der Waals surface area contributed by atoms with E-state index in [1.165, 1.54) is 17.2 Å². The lowest BCUT2D eigenvalue weighted by Crippen LogP contribution is -2.51. The van der Waals surface area contributed by atoms with E-state index in [0.717, 1.165) is 37.3 Å². The third kappa shape index (κ3) is 4.58. The number of piperazine rings is 1. The molecule has 1 aliphatic rings. The number of likely N-dealkylation sites (N-methyl/N-ethyl adjacent to an activating group) is 1. The molecular weight excluding hydrogens is 368 g/mol. The highest BCUT2D eigenvalue weighted by molar-refractivity contribution is 5.53.